The number of hydrogen-bond acceptors (Lipinski definition) is 10. The molecular weight excluding hydrogens is 3240 g/mol. The van der Waals surface area contributed by atoms with E-state index in [1.165, 1.54) is 16.7 Å². The first kappa shape index (κ1) is 242. The molecule has 8 radical (unpaired) electrons. The van der Waals surface area contributed by atoms with Gasteiger partial charge in [-0.3, -0.25) is 44.8 Å². The van der Waals surface area contributed by atoms with E-state index in [0.29, 0.717) is 0 Å². The van der Waals surface area contributed by atoms with Gasteiger partial charge in [0.15, 0.2) is 0 Å². The number of aromatic amines is 2. The Labute approximate surface area is 811 Å². The number of thiazole rings is 1. The molecule has 0 aliphatic heterocycles. The van der Waals surface area contributed by atoms with Crippen LogP contribution in [0.1, 0.15) is 39.5 Å². The molecule has 0 spiro atoms. The maximum atomic E-state index is 3.98. The van der Waals surface area contributed by atoms with E-state index in [0.717, 1.165) is 22.8 Å². The van der Waals surface area contributed by atoms with Crippen molar-refractivity contribution in [1.82, 2.24) is 60.1 Å². The number of rotatable bonds is 0. The van der Waals surface area contributed by atoms with Gasteiger partial charge in [-0.1, -0.05) is 12.1 Å². The number of pyridine rings is 3. The van der Waals surface area contributed by atoms with Gasteiger partial charge in [-0.2, -0.15) is 15.3 Å². The van der Waals surface area contributed by atoms with Crippen LogP contribution in [0.15, 0.2) is 146 Å². The summed E-state index contributed by atoms with van der Waals surface area (Å²) in [6.07, 6.45) is 23.0. The molecule has 8 aromatic heterocycles. The largest absolute Gasteiger partial charge is 0.358 e. The summed E-state index contributed by atoms with van der Waals surface area (Å²) in [5, 5.41) is 18.7. The fraction of sp³-hybridized carbons (Fsp3) is 0.140. The second-order valence-electron chi connectivity index (χ2n) is 10.7. The summed E-state index contributed by atoms with van der Waals surface area (Å²) in [5.74, 6) is 0. The minimum absolute atomic E-state index is 0. The van der Waals surface area contributed by atoms with Gasteiger partial charge >= 0.3 is 0 Å². The second kappa shape index (κ2) is 181. The molecule has 31 heteroatoms. The van der Waals surface area contributed by atoms with Gasteiger partial charge in [0.1, 0.15) is 0 Å². The van der Waals surface area contributed by atoms with Gasteiger partial charge in [-0.05, 0) is 108 Å². The number of hydrogen-bond donors (Lipinski definition) is 2. The van der Waals surface area contributed by atoms with Crippen LogP contribution >= 0.6 is 11.3 Å². The molecule has 0 fully saturated rings. The molecule has 512 valence electrons. The van der Waals surface area contributed by atoms with Crippen LogP contribution in [0.2, 0.25) is 0 Å². The number of aryl methyl sites for hydroxylation is 8. The van der Waals surface area contributed by atoms with E-state index in [-0.39, 0.29) is 513 Å². The van der Waals surface area contributed by atoms with Gasteiger partial charge < -0.3 is 134 Å². The summed E-state index contributed by atoms with van der Waals surface area (Å²) < 4.78 is 1.75. The zero-order valence-corrected chi connectivity index (χ0v) is 101. The Morgan fingerprint density at radius 3 is 0.955 bits per heavy atom. The van der Waals surface area contributed by atoms with E-state index >= 15 is 0 Å². The summed E-state index contributed by atoms with van der Waals surface area (Å²) in [5.41, 5.74) is 9.72. The summed E-state index contributed by atoms with van der Waals surface area (Å²) >= 11 is 1.63. The molecule has 2 N–H and O–H groups in total. The van der Waals surface area contributed by atoms with E-state index in [4.69, 9.17) is 0 Å². The van der Waals surface area contributed by atoms with Crippen molar-refractivity contribution < 1.29 is 379 Å². The minimum atomic E-state index is 0. The fourth-order valence-electron chi connectivity index (χ4n) is 2.96. The van der Waals surface area contributed by atoms with E-state index in [9.17, 15) is 0 Å². The quantitative estimate of drug-likeness (QED) is 0.141. The molecule has 0 saturated carbocycles. The predicted octanol–water partition coefficient (Wildman–Crippen LogP) is 16.3. The summed E-state index contributed by atoms with van der Waals surface area (Å²) in [6.45, 7) is 13.9. The average molecular weight is 3340 g/mol. The SMILES string of the molecule is Cc1ccccn1.Cc1cccnc1.Cc1ccn[nH]1.Cc1ccncc1.Cc1cn[nH]c1.Cc1cnccn1.Cc1cscn1.Cn1cccn1.[CH3-].[CH3-].[CH3-].[CH3-].[CH3-].[CH3-].[CH3-].[CH3-].[CH3-].[CH3-].[CH3-].[CH3-].[CH3-].[CH3-].[CH3-].[CH3-].[CH3-].[CH3-].[U].[U].[V].[V].[V].[V].[V].[V].[V].[V].[W].[W].[W].[W].[W].[W].[W].[W]. The van der Waals surface area contributed by atoms with E-state index < -0.39 is 0 Å². The minimum Gasteiger partial charge on any atom is -0.358 e. The molecule has 8 aromatic rings. The number of aromatic nitrogens is 12. The van der Waals surface area contributed by atoms with Crippen molar-refractivity contribution in [2.75, 3.05) is 0 Å². The summed E-state index contributed by atoms with van der Waals surface area (Å²) in [7, 11) is 1.89. The Balaban J connectivity index is -0.00000000976. The molecule has 0 aliphatic carbocycles. The molecule has 0 unspecified atom stereocenters. The zero-order valence-electron chi connectivity index (χ0n) is 57.1. The molecule has 0 aliphatic rings. The van der Waals surface area contributed by atoms with Crippen LogP contribution in [0.3, 0.4) is 0 Å². The maximum Gasteiger partial charge on any atom is 0.0794 e. The average Bonchev–Trinajstić information content (AvgIpc) is 4.01. The van der Waals surface area contributed by atoms with Crippen molar-refractivity contribution in [3.8, 4) is 0 Å². The number of nitrogens with one attached hydrogen (secondary N) is 2. The van der Waals surface area contributed by atoms with Crippen molar-refractivity contribution in [2.45, 2.75) is 48.5 Å². The van der Waals surface area contributed by atoms with Gasteiger partial charge in [-0.25, -0.2) is 0 Å². The first-order valence-corrected chi connectivity index (χ1v) is 17.1. The van der Waals surface area contributed by atoms with Crippen LogP contribution in [0.25, 0.3) is 0 Å². The van der Waals surface area contributed by atoms with E-state index in [1.54, 1.807) is 78.0 Å². The Kier molecular flexibility index (Phi) is 496. The van der Waals surface area contributed by atoms with Gasteiger partial charge in [-0.15, -0.1) is 11.3 Å². The molecule has 8 rings (SSSR count). The smallest absolute Gasteiger partial charge is 0.0794 e. The molecule has 0 amide bonds. The Morgan fingerprint density at radius 1 is 0.364 bits per heavy atom. The van der Waals surface area contributed by atoms with Crippen molar-refractivity contribution in [1.29, 1.82) is 0 Å². The van der Waals surface area contributed by atoms with Crippen LogP contribution in [-0.2, 0) is 324 Å². The molecule has 0 saturated heterocycles. The van der Waals surface area contributed by atoms with E-state index in [2.05, 4.69) is 55.4 Å². The van der Waals surface area contributed by atoms with Crippen LogP contribution in [0.5, 0.6) is 0 Å². The van der Waals surface area contributed by atoms with Gasteiger partial charge in [0.05, 0.1) is 17.4 Å². The van der Waals surface area contributed by atoms with Gasteiger partial charge in [0.25, 0.3) is 0 Å². The third kappa shape index (κ3) is 175. The van der Waals surface area contributed by atoms with Gasteiger partial charge in [0.2, 0.25) is 0 Å². The Morgan fingerprint density at radius 2 is 0.818 bits per heavy atom. The molecule has 0 bridgehead atoms. The summed E-state index contributed by atoms with van der Waals surface area (Å²) in [6, 6.07) is 17.6. The first-order chi connectivity index (χ1) is 25.2. The number of nitrogens with zero attached hydrogens (tertiary/aromatic N) is 10. The number of H-pyrrole nitrogens is 2. The second-order valence-corrected chi connectivity index (χ2v) is 11.4. The summed E-state index contributed by atoms with van der Waals surface area (Å²) in [4.78, 5) is 23.4. The maximum absolute atomic E-state index is 3.98. The molecule has 0 atom stereocenters. The van der Waals surface area contributed by atoms with Gasteiger partial charge in [0, 0.05) is 483 Å². The standard InChI is InChI=1S/3C6H7N.C5H6N2.3C4H6N2.C4H5NS.18CH3.2U.8V.8W/c1-6-2-4-7-5-3-6;1-6-3-2-4-7-5-6;1-6-4-2-3-5-7-6;1-5-4-6-2-3-7-5;1-4-2-5-6-3-4;1-6-4-2-3-5-6;1-4-2-3-5-6-4;1-4-2-6-3-5-4;;;;;;;;;;;;;;;;;;;;;;;;;;;;;;;;;;;;/h3*2-5H,1H3;2-4H,1H3;2-3H,1H3,(H,5,6);2-4H,1H3;2-3H,1H3,(H,5,6);2-3H,1H3;18*1H3;;;;;;;;;;;;;;;;;;/q;;;;;;;;18*-1;;;;;;;;;;;;;;;;;;. The van der Waals surface area contributed by atoms with Crippen LogP contribution < -0.4 is 0 Å². The third-order valence-corrected chi connectivity index (χ3v) is 6.33. The molecule has 0 aromatic carbocycles. The van der Waals surface area contributed by atoms with Crippen molar-refractivity contribution in [3.63, 3.8) is 0 Å². The molecule has 88 heavy (non-hydrogen) atoms. The fourth-order valence-corrected chi connectivity index (χ4v) is 3.50. The topological polar surface area (TPSA) is 153 Å². The molecule has 8 heterocycles. The normalized spacial score (nSPS) is 5.18. The monoisotopic (exact) mass is 3340 g/mol. The zero-order chi connectivity index (χ0) is 38.1. The van der Waals surface area contributed by atoms with E-state index in [1.807, 2.05) is 140 Å². The molecule has 12 nitrogen and oxygen atoms in total. The van der Waals surface area contributed by atoms with Crippen molar-refractivity contribution in [3.05, 3.63) is 319 Å². The van der Waals surface area contributed by atoms with Crippen LogP contribution in [0, 0.1) is 244 Å². The first-order valence-electron chi connectivity index (χ1n) is 16.2. The Hall–Kier alpha value is 6.08. The van der Waals surface area contributed by atoms with Crippen LogP contribution in [-0.4, -0.2) is 60.1 Å². The van der Waals surface area contributed by atoms with Crippen molar-refractivity contribution in [2.24, 2.45) is 7.05 Å². The molecular formula is C57H104N12SU2V8W8-18. The van der Waals surface area contributed by atoms with Crippen molar-refractivity contribution >= 4 is 11.3 Å². The third-order valence-electron chi connectivity index (χ3n) is 5.63. The van der Waals surface area contributed by atoms with Crippen LogP contribution in [0.4, 0.5) is 0 Å². The predicted molar refractivity (Wildman–Crippen MR) is 326 cm³/mol. The Bertz CT molecular complexity index is 1630.